The van der Waals surface area contributed by atoms with E-state index in [2.05, 4.69) is 67.9 Å². The Bertz CT molecular complexity index is 2580. The molecule has 8 heteroatoms. The molecule has 56 heavy (non-hydrogen) atoms. The van der Waals surface area contributed by atoms with Crippen LogP contribution in [-0.2, 0) is 9.47 Å². The van der Waals surface area contributed by atoms with E-state index in [9.17, 15) is 0 Å². The van der Waals surface area contributed by atoms with Crippen molar-refractivity contribution in [2.75, 3.05) is 27.8 Å². The van der Waals surface area contributed by atoms with Crippen LogP contribution >= 0.6 is 0 Å². The smallest absolute Gasteiger partial charge is 0.188 e. The van der Waals surface area contributed by atoms with Crippen LogP contribution in [0.15, 0.2) is 146 Å². The Balaban J connectivity index is 1.16. The first kappa shape index (κ1) is 35.7. The Kier molecular flexibility index (Phi) is 10.7. The number of hydrogen-bond acceptors (Lipinski definition) is 8. The zero-order valence-corrected chi connectivity index (χ0v) is 30.7. The van der Waals surface area contributed by atoms with Gasteiger partial charge in [-0.15, -0.1) is 0 Å². The van der Waals surface area contributed by atoms with Crippen molar-refractivity contribution in [2.45, 2.75) is 0 Å². The first-order valence-electron chi connectivity index (χ1n) is 17.8. The summed E-state index contributed by atoms with van der Waals surface area (Å²) in [6.07, 6.45) is 7.06. The molecule has 0 unspecified atom stereocenters. The van der Waals surface area contributed by atoms with Gasteiger partial charge >= 0.3 is 0 Å². The van der Waals surface area contributed by atoms with E-state index in [-0.39, 0.29) is 13.6 Å². The molecule has 0 aliphatic carbocycles. The van der Waals surface area contributed by atoms with Crippen LogP contribution in [0.4, 0.5) is 0 Å². The van der Waals surface area contributed by atoms with Crippen LogP contribution in [0.2, 0.25) is 0 Å². The summed E-state index contributed by atoms with van der Waals surface area (Å²) in [5, 5.41) is 3.90. The van der Waals surface area contributed by atoms with Crippen molar-refractivity contribution < 1.29 is 18.9 Å². The number of benzene rings is 4. The highest BCUT2D eigenvalue weighted by atomic mass is 16.7. The van der Waals surface area contributed by atoms with Crippen LogP contribution in [-0.4, -0.2) is 47.7 Å². The minimum Gasteiger partial charge on any atom is -0.467 e. The Hall–Kier alpha value is -7.36. The number of aromatic nitrogens is 4. The molecule has 4 aromatic carbocycles. The van der Waals surface area contributed by atoms with Crippen molar-refractivity contribution in [1.29, 1.82) is 0 Å². The molecule has 0 spiro atoms. The number of pyridine rings is 4. The largest absolute Gasteiger partial charge is 0.467 e. The third kappa shape index (κ3) is 7.94. The van der Waals surface area contributed by atoms with Crippen molar-refractivity contribution in [3.8, 4) is 69.1 Å². The maximum Gasteiger partial charge on any atom is 0.188 e. The molecule has 0 atom stereocenters. The fraction of sp³-hybridized carbons (Fsp3) is 0.0833. The van der Waals surface area contributed by atoms with Gasteiger partial charge in [0, 0.05) is 72.4 Å². The maximum absolute atomic E-state index is 6.20. The highest BCUT2D eigenvalue weighted by Crippen LogP contribution is 2.46. The molecule has 0 fully saturated rings. The topological polar surface area (TPSA) is 88.5 Å². The number of nitrogens with zero attached hydrogens (tertiary/aromatic N) is 4. The molecule has 270 valence electrons. The number of rotatable bonds is 9. The van der Waals surface area contributed by atoms with Crippen molar-refractivity contribution in [3.05, 3.63) is 168 Å². The van der Waals surface area contributed by atoms with E-state index in [1.807, 2.05) is 97.1 Å². The molecule has 0 aliphatic rings. The summed E-state index contributed by atoms with van der Waals surface area (Å²) >= 11 is 0. The minimum atomic E-state index is 0.0751. The van der Waals surface area contributed by atoms with Gasteiger partial charge in [-0.1, -0.05) is 60.1 Å². The van der Waals surface area contributed by atoms with Gasteiger partial charge in [0.1, 0.15) is 11.5 Å². The molecule has 0 N–H and O–H groups in total. The summed E-state index contributed by atoms with van der Waals surface area (Å²) in [6.45, 7) is 0.150. The van der Waals surface area contributed by atoms with E-state index in [0.717, 1.165) is 77.7 Å². The van der Waals surface area contributed by atoms with Gasteiger partial charge in [-0.05, 0) is 106 Å². The predicted molar refractivity (Wildman–Crippen MR) is 219 cm³/mol. The van der Waals surface area contributed by atoms with Gasteiger partial charge in [-0.25, -0.2) is 0 Å². The lowest BCUT2D eigenvalue weighted by Crippen LogP contribution is -2.04. The summed E-state index contributed by atoms with van der Waals surface area (Å²) in [6, 6.07) is 39.6. The first-order valence-corrected chi connectivity index (χ1v) is 17.8. The first-order chi connectivity index (χ1) is 27.7. The summed E-state index contributed by atoms with van der Waals surface area (Å²) in [5.74, 6) is 14.4. The molecular formula is C48H34N4O4. The molecule has 8 rings (SSSR count). The summed E-state index contributed by atoms with van der Waals surface area (Å²) < 4.78 is 23.1. The summed E-state index contributed by atoms with van der Waals surface area (Å²) in [5.41, 5.74) is 8.31. The highest BCUT2D eigenvalue weighted by molar-refractivity contribution is 6.10. The van der Waals surface area contributed by atoms with Crippen molar-refractivity contribution in [3.63, 3.8) is 0 Å². The van der Waals surface area contributed by atoms with Gasteiger partial charge < -0.3 is 18.9 Å². The molecule has 0 saturated heterocycles. The van der Waals surface area contributed by atoms with Crippen LogP contribution in [0.3, 0.4) is 0 Å². The SMILES string of the molecule is COCOc1ccc2cc(C#Cc3ccc(-c4ccccn4)nc3)ccc2c1-c1c(OCOC)ccc2cc(C#Cc3ccc(-c4ccccn4)nc3)ccc12. The third-order valence-corrected chi connectivity index (χ3v) is 8.96. The quantitative estimate of drug-likeness (QED) is 0.107. The fourth-order valence-electron chi connectivity index (χ4n) is 6.33. The second kappa shape index (κ2) is 16.8. The third-order valence-electron chi connectivity index (χ3n) is 8.96. The minimum absolute atomic E-state index is 0.0751. The molecule has 8 aromatic rings. The average molecular weight is 731 g/mol. The Morgan fingerprint density at radius 3 is 1.25 bits per heavy atom. The van der Waals surface area contributed by atoms with E-state index < -0.39 is 0 Å². The van der Waals surface area contributed by atoms with E-state index in [4.69, 9.17) is 18.9 Å². The van der Waals surface area contributed by atoms with Crippen LogP contribution in [0.25, 0.3) is 55.4 Å². The zero-order valence-electron chi connectivity index (χ0n) is 30.7. The van der Waals surface area contributed by atoms with Gasteiger partial charge in [0.05, 0.1) is 22.8 Å². The number of fused-ring (bicyclic) bond motifs is 2. The Morgan fingerprint density at radius 1 is 0.429 bits per heavy atom. The normalized spacial score (nSPS) is 10.7. The van der Waals surface area contributed by atoms with Gasteiger partial charge in [-0.3, -0.25) is 19.9 Å². The molecule has 4 aromatic heterocycles. The molecule has 0 saturated carbocycles. The average Bonchev–Trinajstić information content (AvgIpc) is 3.26. The Labute approximate surface area is 324 Å². The molecule has 8 nitrogen and oxygen atoms in total. The van der Waals surface area contributed by atoms with Crippen molar-refractivity contribution in [1.82, 2.24) is 19.9 Å². The van der Waals surface area contributed by atoms with Crippen LogP contribution < -0.4 is 9.47 Å². The molecule has 0 bridgehead atoms. The van der Waals surface area contributed by atoms with E-state index in [1.165, 1.54) is 0 Å². The van der Waals surface area contributed by atoms with Gasteiger partial charge in [0.25, 0.3) is 0 Å². The standard InChI is InChI=1S/C48H34N4O4/c1-53-31-55-45-23-17-37-27-33(9-11-35-15-21-43(51-29-35)41-7-3-5-25-49-41)13-19-39(37)47(45)48-40-20-14-34(28-38(40)18-24-46(48)56-32-54-2)10-12-36-16-22-44(52-30-36)42-8-4-6-26-50-42/h3-8,13-30H,31-32H2,1-2H3. The van der Waals surface area contributed by atoms with E-state index in [0.29, 0.717) is 11.5 Å². The Morgan fingerprint density at radius 2 is 0.857 bits per heavy atom. The summed E-state index contributed by atoms with van der Waals surface area (Å²) in [7, 11) is 3.21. The molecule has 4 heterocycles. The van der Waals surface area contributed by atoms with E-state index in [1.54, 1.807) is 39.0 Å². The molecule has 0 aliphatic heterocycles. The molecule has 0 amide bonds. The number of hydrogen-bond donors (Lipinski definition) is 0. The second-order valence-electron chi connectivity index (χ2n) is 12.6. The lowest BCUT2D eigenvalue weighted by molar-refractivity contribution is 0.0502. The van der Waals surface area contributed by atoms with Crippen LogP contribution in [0.1, 0.15) is 22.3 Å². The lowest BCUT2D eigenvalue weighted by Gasteiger charge is -2.19. The fourth-order valence-corrected chi connectivity index (χ4v) is 6.33. The molecule has 0 radical (unpaired) electrons. The van der Waals surface area contributed by atoms with Gasteiger partial charge in [0.2, 0.25) is 0 Å². The highest BCUT2D eigenvalue weighted by Gasteiger charge is 2.20. The van der Waals surface area contributed by atoms with Gasteiger partial charge in [-0.2, -0.15) is 0 Å². The monoisotopic (exact) mass is 730 g/mol. The van der Waals surface area contributed by atoms with Crippen LogP contribution in [0.5, 0.6) is 11.5 Å². The van der Waals surface area contributed by atoms with Crippen LogP contribution in [0, 0.1) is 23.7 Å². The van der Waals surface area contributed by atoms with Crippen molar-refractivity contribution in [2.24, 2.45) is 0 Å². The second-order valence-corrected chi connectivity index (χ2v) is 12.6. The predicted octanol–water partition coefficient (Wildman–Crippen LogP) is 9.34. The number of methoxy groups -OCH3 is 2. The lowest BCUT2D eigenvalue weighted by atomic mass is 9.91. The van der Waals surface area contributed by atoms with Crippen molar-refractivity contribution >= 4 is 21.5 Å². The van der Waals surface area contributed by atoms with E-state index >= 15 is 0 Å². The summed E-state index contributed by atoms with van der Waals surface area (Å²) in [4.78, 5) is 17.9. The molecular weight excluding hydrogens is 697 g/mol. The number of ether oxygens (including phenoxy) is 4. The maximum atomic E-state index is 6.20. The zero-order chi connectivity index (χ0) is 38.1. The van der Waals surface area contributed by atoms with Gasteiger partial charge in [0.15, 0.2) is 13.6 Å².